The highest BCUT2D eigenvalue weighted by molar-refractivity contribution is 7.16. The zero-order valence-electron chi connectivity index (χ0n) is 16.2. The van der Waals surface area contributed by atoms with Gasteiger partial charge in [0.2, 0.25) is 0 Å². The van der Waals surface area contributed by atoms with E-state index in [4.69, 9.17) is 9.47 Å². The number of hydrogen-bond donors (Lipinski definition) is 1. The van der Waals surface area contributed by atoms with E-state index in [0.717, 1.165) is 43.2 Å². The lowest BCUT2D eigenvalue weighted by atomic mass is 10.1. The van der Waals surface area contributed by atoms with Crippen molar-refractivity contribution in [1.29, 1.82) is 5.26 Å². The van der Waals surface area contributed by atoms with Gasteiger partial charge in [0.05, 0.1) is 12.7 Å². The SMILES string of the molecule is COc1cccc(C=CC(=O)OCC(=O)Nc2sc3c(c2C#N)CCCCC3)c1. The molecule has 0 atom stereocenters. The minimum atomic E-state index is -0.620. The second kappa shape index (κ2) is 9.89. The number of aryl methyl sites for hydroxylation is 1. The number of rotatable bonds is 6. The molecule has 0 saturated carbocycles. The van der Waals surface area contributed by atoms with Gasteiger partial charge in [-0.15, -0.1) is 11.3 Å². The Morgan fingerprint density at radius 2 is 2.10 bits per heavy atom. The molecule has 2 aromatic rings. The molecule has 1 N–H and O–H groups in total. The molecule has 1 aromatic heterocycles. The van der Waals surface area contributed by atoms with Crippen LogP contribution < -0.4 is 10.1 Å². The van der Waals surface area contributed by atoms with Crippen molar-refractivity contribution in [2.75, 3.05) is 19.0 Å². The number of anilines is 1. The number of thiophene rings is 1. The number of nitrogens with zero attached hydrogens (tertiary/aromatic N) is 1. The minimum absolute atomic E-state index is 0.408. The molecule has 0 aliphatic heterocycles. The average molecular weight is 410 g/mol. The molecule has 1 aromatic carbocycles. The summed E-state index contributed by atoms with van der Waals surface area (Å²) >= 11 is 1.45. The highest BCUT2D eigenvalue weighted by atomic mass is 32.1. The van der Waals surface area contributed by atoms with Crippen molar-refractivity contribution in [3.05, 3.63) is 51.9 Å². The first-order valence-corrected chi connectivity index (χ1v) is 10.3. The Labute approximate surface area is 173 Å². The lowest BCUT2D eigenvalue weighted by molar-refractivity contribution is -0.142. The molecule has 0 spiro atoms. The monoisotopic (exact) mass is 410 g/mol. The van der Waals surface area contributed by atoms with Crippen molar-refractivity contribution in [3.63, 3.8) is 0 Å². The predicted molar refractivity (Wildman–Crippen MR) is 112 cm³/mol. The Balaban J connectivity index is 1.55. The number of fused-ring (bicyclic) bond motifs is 1. The quantitative estimate of drug-likeness (QED) is 0.440. The number of amides is 1. The lowest BCUT2D eigenvalue weighted by Gasteiger charge is -2.04. The van der Waals surface area contributed by atoms with Gasteiger partial charge in [0.15, 0.2) is 6.61 Å². The normalized spacial score (nSPS) is 13.2. The molecule has 6 nitrogen and oxygen atoms in total. The van der Waals surface area contributed by atoms with Gasteiger partial charge < -0.3 is 14.8 Å². The third kappa shape index (κ3) is 5.46. The van der Waals surface area contributed by atoms with Crippen LogP contribution in [0.1, 0.15) is 40.8 Å². The summed E-state index contributed by atoms with van der Waals surface area (Å²) in [5.41, 5.74) is 2.39. The predicted octanol–water partition coefficient (Wildman–Crippen LogP) is 4.09. The van der Waals surface area contributed by atoms with Crippen LogP contribution >= 0.6 is 11.3 Å². The molecule has 0 radical (unpaired) electrons. The van der Waals surface area contributed by atoms with E-state index in [1.54, 1.807) is 25.3 Å². The topological polar surface area (TPSA) is 88.4 Å². The summed E-state index contributed by atoms with van der Waals surface area (Å²) < 4.78 is 10.1. The summed E-state index contributed by atoms with van der Waals surface area (Å²) in [5, 5.41) is 12.8. The Kier molecular flexibility index (Phi) is 7.04. The first kappa shape index (κ1) is 20.6. The molecule has 1 aliphatic carbocycles. The van der Waals surface area contributed by atoms with Crippen LogP contribution in [0.5, 0.6) is 5.75 Å². The van der Waals surface area contributed by atoms with Gasteiger partial charge in [-0.2, -0.15) is 5.26 Å². The Bertz CT molecular complexity index is 972. The Morgan fingerprint density at radius 1 is 1.28 bits per heavy atom. The van der Waals surface area contributed by atoms with Crippen molar-refractivity contribution in [3.8, 4) is 11.8 Å². The molecule has 0 unspecified atom stereocenters. The summed E-state index contributed by atoms with van der Waals surface area (Å²) in [6.45, 7) is -0.408. The second-order valence-corrected chi connectivity index (χ2v) is 7.75. The second-order valence-electron chi connectivity index (χ2n) is 6.65. The maximum absolute atomic E-state index is 12.2. The van der Waals surface area contributed by atoms with E-state index < -0.39 is 18.5 Å². The van der Waals surface area contributed by atoms with Gasteiger partial charge in [-0.25, -0.2) is 4.79 Å². The lowest BCUT2D eigenvalue weighted by Crippen LogP contribution is -2.20. The fraction of sp³-hybridized carbons (Fsp3) is 0.318. The first-order chi connectivity index (χ1) is 14.1. The van der Waals surface area contributed by atoms with E-state index in [9.17, 15) is 14.9 Å². The number of ether oxygens (including phenoxy) is 2. The summed E-state index contributed by atoms with van der Waals surface area (Å²) in [5.74, 6) is -0.394. The van der Waals surface area contributed by atoms with Gasteiger partial charge >= 0.3 is 5.97 Å². The summed E-state index contributed by atoms with van der Waals surface area (Å²) in [4.78, 5) is 25.2. The number of carbonyl (C=O) groups excluding carboxylic acids is 2. The Morgan fingerprint density at radius 3 is 2.90 bits per heavy atom. The molecule has 1 amide bonds. The van der Waals surface area contributed by atoms with E-state index in [2.05, 4.69) is 11.4 Å². The van der Waals surface area contributed by atoms with Crippen LogP contribution in [0.3, 0.4) is 0 Å². The number of esters is 1. The van der Waals surface area contributed by atoms with Crippen molar-refractivity contribution >= 4 is 34.3 Å². The van der Waals surface area contributed by atoms with Gasteiger partial charge in [-0.05, 0) is 55.0 Å². The maximum atomic E-state index is 12.2. The highest BCUT2D eigenvalue weighted by Gasteiger charge is 2.21. The molecular weight excluding hydrogens is 388 g/mol. The molecule has 7 heteroatoms. The van der Waals surface area contributed by atoms with Gasteiger partial charge in [-0.3, -0.25) is 4.79 Å². The number of hydrogen-bond acceptors (Lipinski definition) is 6. The molecule has 29 heavy (non-hydrogen) atoms. The summed E-state index contributed by atoms with van der Waals surface area (Å²) in [6.07, 6.45) is 7.98. The van der Waals surface area contributed by atoms with Crippen molar-refractivity contribution < 1.29 is 19.1 Å². The third-order valence-electron chi connectivity index (χ3n) is 4.64. The van der Waals surface area contributed by atoms with E-state index in [-0.39, 0.29) is 0 Å². The standard InChI is InChI=1S/C22H22N2O4S/c1-27-16-7-5-6-15(12-16)10-11-21(26)28-14-20(25)24-22-18(13-23)17-8-3-2-4-9-19(17)29-22/h5-7,10-12H,2-4,8-9,14H2,1H3,(H,24,25). The van der Waals surface area contributed by atoms with Crippen LogP contribution in [0.2, 0.25) is 0 Å². The maximum Gasteiger partial charge on any atom is 0.331 e. The van der Waals surface area contributed by atoms with Crippen LogP contribution in [0.4, 0.5) is 5.00 Å². The van der Waals surface area contributed by atoms with Crippen LogP contribution in [0.25, 0.3) is 6.08 Å². The number of benzene rings is 1. The molecule has 0 bridgehead atoms. The fourth-order valence-electron chi connectivity index (χ4n) is 3.21. The van der Waals surface area contributed by atoms with Crippen LogP contribution in [0.15, 0.2) is 30.3 Å². The van der Waals surface area contributed by atoms with E-state index >= 15 is 0 Å². The highest BCUT2D eigenvalue weighted by Crippen LogP contribution is 2.36. The first-order valence-electron chi connectivity index (χ1n) is 9.44. The Hall–Kier alpha value is -3.11. The van der Waals surface area contributed by atoms with Crippen molar-refractivity contribution in [2.24, 2.45) is 0 Å². The fourth-order valence-corrected chi connectivity index (χ4v) is 4.46. The number of carbonyl (C=O) groups is 2. The van der Waals surface area contributed by atoms with Crippen LogP contribution in [-0.4, -0.2) is 25.6 Å². The van der Waals surface area contributed by atoms with Crippen LogP contribution in [-0.2, 0) is 27.2 Å². The zero-order valence-corrected chi connectivity index (χ0v) is 17.0. The zero-order chi connectivity index (χ0) is 20.6. The molecule has 1 aliphatic rings. The van der Waals surface area contributed by atoms with Crippen molar-refractivity contribution in [2.45, 2.75) is 32.1 Å². The number of nitrogens with one attached hydrogen (secondary N) is 1. The molecular formula is C22H22N2O4S. The van der Waals surface area contributed by atoms with Gasteiger partial charge in [-0.1, -0.05) is 18.6 Å². The van der Waals surface area contributed by atoms with E-state index in [1.807, 2.05) is 12.1 Å². The van der Waals surface area contributed by atoms with Gasteiger partial charge in [0, 0.05) is 11.0 Å². The number of nitriles is 1. The van der Waals surface area contributed by atoms with E-state index in [0.29, 0.717) is 16.3 Å². The largest absolute Gasteiger partial charge is 0.497 e. The summed E-state index contributed by atoms with van der Waals surface area (Å²) in [6, 6.07) is 9.43. The van der Waals surface area contributed by atoms with Gasteiger partial charge in [0.1, 0.15) is 16.8 Å². The summed E-state index contributed by atoms with van der Waals surface area (Å²) in [7, 11) is 1.57. The average Bonchev–Trinajstić information content (AvgIpc) is 2.89. The molecule has 0 fully saturated rings. The van der Waals surface area contributed by atoms with Gasteiger partial charge in [0.25, 0.3) is 5.91 Å². The molecule has 1 heterocycles. The smallest absolute Gasteiger partial charge is 0.331 e. The molecule has 150 valence electrons. The van der Waals surface area contributed by atoms with Crippen LogP contribution in [0, 0.1) is 11.3 Å². The molecule has 3 rings (SSSR count). The number of methoxy groups -OCH3 is 1. The molecule has 0 saturated heterocycles. The van der Waals surface area contributed by atoms with E-state index in [1.165, 1.54) is 22.3 Å². The third-order valence-corrected chi connectivity index (χ3v) is 5.84. The van der Waals surface area contributed by atoms with Crippen molar-refractivity contribution in [1.82, 2.24) is 0 Å². The minimum Gasteiger partial charge on any atom is -0.497 e.